The fourth-order valence-electron chi connectivity index (χ4n) is 2.17. The number of hydrogen-bond acceptors (Lipinski definition) is 3. The summed E-state index contributed by atoms with van der Waals surface area (Å²) < 4.78 is 0. The van der Waals surface area contributed by atoms with Crippen molar-refractivity contribution in [3.63, 3.8) is 0 Å². The van der Waals surface area contributed by atoms with Crippen molar-refractivity contribution < 1.29 is 4.79 Å². The lowest BCUT2D eigenvalue weighted by atomic mass is 10.1. The van der Waals surface area contributed by atoms with Gasteiger partial charge in [-0.15, -0.1) is 0 Å². The van der Waals surface area contributed by atoms with Crippen LogP contribution < -0.4 is 10.6 Å². The Balaban J connectivity index is 2.18. The van der Waals surface area contributed by atoms with E-state index in [4.69, 9.17) is 5.73 Å². The lowest BCUT2D eigenvalue weighted by Gasteiger charge is -2.22. The highest BCUT2D eigenvalue weighted by atomic mass is 16.1. The van der Waals surface area contributed by atoms with Crippen LogP contribution in [0.5, 0.6) is 0 Å². The van der Waals surface area contributed by atoms with E-state index in [1.54, 1.807) is 0 Å². The molecule has 0 aromatic heterocycles. The Morgan fingerprint density at radius 1 is 1.40 bits per heavy atom. The number of rotatable bonds is 3. The first-order chi connectivity index (χ1) is 7.35. The molecular formula is C12H16N2O. The van der Waals surface area contributed by atoms with E-state index in [9.17, 15) is 4.79 Å². The van der Waals surface area contributed by atoms with Crippen LogP contribution in [0.4, 0.5) is 5.69 Å². The molecule has 2 rings (SSSR count). The zero-order valence-corrected chi connectivity index (χ0v) is 8.67. The topological polar surface area (TPSA) is 46.3 Å². The minimum atomic E-state index is 0.000880. The van der Waals surface area contributed by atoms with Gasteiger partial charge in [0, 0.05) is 12.2 Å². The number of benzene rings is 1. The van der Waals surface area contributed by atoms with Crippen molar-refractivity contribution in [3.8, 4) is 0 Å². The predicted molar refractivity (Wildman–Crippen MR) is 60.8 cm³/mol. The van der Waals surface area contributed by atoms with Crippen LogP contribution in [0.2, 0.25) is 0 Å². The van der Waals surface area contributed by atoms with Crippen molar-refractivity contribution in [1.29, 1.82) is 0 Å². The number of aldehydes is 1. The lowest BCUT2D eigenvalue weighted by Crippen LogP contribution is -2.30. The van der Waals surface area contributed by atoms with Crippen LogP contribution in [0.15, 0.2) is 30.3 Å². The number of hydrogen-bond donors (Lipinski definition) is 1. The molecule has 80 valence electrons. The van der Waals surface area contributed by atoms with E-state index in [0.29, 0.717) is 12.5 Å². The maximum atomic E-state index is 11.0. The molecule has 1 aromatic carbocycles. The summed E-state index contributed by atoms with van der Waals surface area (Å²) in [6.07, 6.45) is 1.91. The van der Waals surface area contributed by atoms with E-state index in [0.717, 1.165) is 24.9 Å². The average molecular weight is 204 g/mol. The Labute approximate surface area is 89.9 Å². The number of anilines is 1. The van der Waals surface area contributed by atoms with Gasteiger partial charge in [0.2, 0.25) is 0 Å². The van der Waals surface area contributed by atoms with E-state index < -0.39 is 0 Å². The number of carbonyl (C=O) groups is 1. The lowest BCUT2D eigenvalue weighted by molar-refractivity contribution is -0.108. The van der Waals surface area contributed by atoms with Gasteiger partial charge in [-0.2, -0.15) is 0 Å². The Morgan fingerprint density at radius 3 is 2.73 bits per heavy atom. The summed E-state index contributed by atoms with van der Waals surface area (Å²) in [5.41, 5.74) is 6.76. The molecule has 1 fully saturated rings. The van der Waals surface area contributed by atoms with Gasteiger partial charge < -0.3 is 15.4 Å². The summed E-state index contributed by atoms with van der Waals surface area (Å²) in [5, 5.41) is 0. The SMILES string of the molecule is NCC1CC(C=O)N(c2ccccc2)C1. The third kappa shape index (κ3) is 2.02. The molecule has 2 atom stereocenters. The van der Waals surface area contributed by atoms with Crippen LogP contribution >= 0.6 is 0 Å². The zero-order chi connectivity index (χ0) is 10.7. The van der Waals surface area contributed by atoms with Crippen molar-refractivity contribution in [2.24, 2.45) is 11.7 Å². The third-order valence-corrected chi connectivity index (χ3v) is 3.01. The second-order valence-electron chi connectivity index (χ2n) is 4.03. The molecule has 1 aliphatic rings. The minimum absolute atomic E-state index is 0.000880. The molecule has 0 spiro atoms. The normalized spacial score (nSPS) is 25.5. The predicted octanol–water partition coefficient (Wildman–Crippen LogP) is 1.04. The molecule has 1 aromatic rings. The first-order valence-electron chi connectivity index (χ1n) is 5.32. The van der Waals surface area contributed by atoms with Crippen LogP contribution in [0.1, 0.15) is 6.42 Å². The largest absolute Gasteiger partial charge is 0.361 e. The van der Waals surface area contributed by atoms with Crippen LogP contribution in [-0.4, -0.2) is 25.4 Å². The molecule has 0 saturated carbocycles. The Hall–Kier alpha value is -1.35. The molecule has 3 heteroatoms. The molecule has 0 radical (unpaired) electrons. The van der Waals surface area contributed by atoms with Crippen molar-refractivity contribution >= 4 is 12.0 Å². The molecule has 2 N–H and O–H groups in total. The number of nitrogens with two attached hydrogens (primary N) is 1. The smallest absolute Gasteiger partial charge is 0.142 e. The van der Waals surface area contributed by atoms with Crippen LogP contribution in [-0.2, 0) is 4.79 Å². The van der Waals surface area contributed by atoms with E-state index in [1.807, 2.05) is 30.3 Å². The fourth-order valence-corrected chi connectivity index (χ4v) is 2.17. The first-order valence-corrected chi connectivity index (χ1v) is 5.32. The third-order valence-electron chi connectivity index (χ3n) is 3.01. The maximum Gasteiger partial charge on any atom is 0.142 e. The van der Waals surface area contributed by atoms with Gasteiger partial charge in [-0.3, -0.25) is 0 Å². The molecule has 2 unspecified atom stereocenters. The highest BCUT2D eigenvalue weighted by Crippen LogP contribution is 2.27. The molecule has 1 heterocycles. The fraction of sp³-hybridized carbons (Fsp3) is 0.417. The van der Waals surface area contributed by atoms with Crippen molar-refractivity contribution in [2.75, 3.05) is 18.0 Å². The van der Waals surface area contributed by atoms with Gasteiger partial charge in [0.25, 0.3) is 0 Å². The molecule has 3 nitrogen and oxygen atoms in total. The van der Waals surface area contributed by atoms with E-state index >= 15 is 0 Å². The number of para-hydroxylation sites is 1. The van der Waals surface area contributed by atoms with Gasteiger partial charge in [-0.25, -0.2) is 0 Å². The second kappa shape index (κ2) is 4.45. The van der Waals surface area contributed by atoms with E-state index in [-0.39, 0.29) is 6.04 Å². The minimum Gasteiger partial charge on any atom is -0.361 e. The van der Waals surface area contributed by atoms with Crippen molar-refractivity contribution in [3.05, 3.63) is 30.3 Å². The molecule has 15 heavy (non-hydrogen) atoms. The van der Waals surface area contributed by atoms with E-state index in [2.05, 4.69) is 4.90 Å². The summed E-state index contributed by atoms with van der Waals surface area (Å²) >= 11 is 0. The standard InChI is InChI=1S/C12H16N2O/c13-7-10-6-12(9-15)14(8-10)11-4-2-1-3-5-11/h1-5,9-10,12H,6-8,13H2. The van der Waals surface area contributed by atoms with Crippen LogP contribution in [0, 0.1) is 5.92 Å². The van der Waals surface area contributed by atoms with Gasteiger partial charge in [0.1, 0.15) is 6.29 Å². The summed E-state index contributed by atoms with van der Waals surface area (Å²) in [6.45, 7) is 1.55. The van der Waals surface area contributed by atoms with Gasteiger partial charge in [0.15, 0.2) is 0 Å². The second-order valence-corrected chi connectivity index (χ2v) is 4.03. The Kier molecular flexibility index (Phi) is 3.02. The monoisotopic (exact) mass is 204 g/mol. The Morgan fingerprint density at radius 2 is 2.13 bits per heavy atom. The summed E-state index contributed by atoms with van der Waals surface area (Å²) in [6, 6.07) is 10.0. The van der Waals surface area contributed by atoms with Crippen LogP contribution in [0.25, 0.3) is 0 Å². The molecular weight excluding hydrogens is 188 g/mol. The van der Waals surface area contributed by atoms with Gasteiger partial charge >= 0.3 is 0 Å². The molecule has 1 saturated heterocycles. The van der Waals surface area contributed by atoms with Crippen molar-refractivity contribution in [1.82, 2.24) is 0 Å². The number of carbonyl (C=O) groups excluding carboxylic acids is 1. The molecule has 0 bridgehead atoms. The van der Waals surface area contributed by atoms with E-state index in [1.165, 1.54) is 0 Å². The molecule has 0 aliphatic carbocycles. The Bertz CT molecular complexity index is 326. The van der Waals surface area contributed by atoms with Gasteiger partial charge in [0.05, 0.1) is 6.04 Å². The van der Waals surface area contributed by atoms with Gasteiger partial charge in [-0.05, 0) is 31.0 Å². The summed E-state index contributed by atoms with van der Waals surface area (Å²) in [5.74, 6) is 0.445. The van der Waals surface area contributed by atoms with Crippen LogP contribution in [0.3, 0.4) is 0 Å². The highest BCUT2D eigenvalue weighted by Gasteiger charge is 2.30. The first kappa shape index (κ1) is 10.2. The summed E-state index contributed by atoms with van der Waals surface area (Å²) in [7, 11) is 0. The molecule has 1 aliphatic heterocycles. The van der Waals surface area contributed by atoms with Gasteiger partial charge in [-0.1, -0.05) is 18.2 Å². The quantitative estimate of drug-likeness (QED) is 0.748. The summed E-state index contributed by atoms with van der Waals surface area (Å²) in [4.78, 5) is 13.1. The highest BCUT2D eigenvalue weighted by molar-refractivity contribution is 5.67. The maximum absolute atomic E-state index is 11.0. The zero-order valence-electron chi connectivity index (χ0n) is 8.67. The number of nitrogens with zero attached hydrogens (tertiary/aromatic N) is 1. The van der Waals surface area contributed by atoms with Crippen molar-refractivity contribution in [2.45, 2.75) is 12.5 Å². The average Bonchev–Trinajstić information content (AvgIpc) is 2.73. The molecule has 0 amide bonds.